The highest BCUT2D eigenvalue weighted by Gasteiger charge is 2.32. The second-order valence-corrected chi connectivity index (χ2v) is 7.09. The van der Waals surface area contributed by atoms with Crippen LogP contribution < -0.4 is 10.5 Å². The van der Waals surface area contributed by atoms with Crippen molar-refractivity contribution in [3.05, 3.63) is 77.0 Å². The summed E-state index contributed by atoms with van der Waals surface area (Å²) in [7, 11) is 0. The van der Waals surface area contributed by atoms with Crippen LogP contribution >= 0.6 is 0 Å². The van der Waals surface area contributed by atoms with Gasteiger partial charge in [0.05, 0.1) is 17.0 Å². The van der Waals surface area contributed by atoms with Gasteiger partial charge in [0.15, 0.2) is 0 Å². The number of aromatic nitrogens is 2. The molecule has 0 aliphatic carbocycles. The molecule has 31 heavy (non-hydrogen) atoms. The molecule has 1 aliphatic rings. The number of ether oxygens (including phenoxy) is 1. The molecule has 2 aromatic carbocycles. The molecule has 3 aromatic rings. The molecule has 0 radical (unpaired) electrons. The predicted molar refractivity (Wildman–Crippen MR) is 111 cm³/mol. The summed E-state index contributed by atoms with van der Waals surface area (Å²) in [6.45, 7) is 1.45. The molecule has 6 nitrogen and oxygen atoms in total. The molecule has 2 heterocycles. The highest BCUT2D eigenvalue weighted by atomic mass is 19.4. The third kappa shape index (κ3) is 4.88. The van der Waals surface area contributed by atoms with Gasteiger partial charge < -0.3 is 10.5 Å². The smallest absolute Gasteiger partial charge is 0.416 e. The zero-order chi connectivity index (χ0) is 22.0. The lowest BCUT2D eigenvalue weighted by Gasteiger charge is -2.12. The number of hydrogen-bond acceptors (Lipinski definition) is 6. The molecule has 0 atom stereocenters. The van der Waals surface area contributed by atoms with E-state index in [1.807, 2.05) is 12.1 Å². The minimum Gasteiger partial charge on any atom is -0.439 e. The van der Waals surface area contributed by atoms with E-state index in [1.54, 1.807) is 24.3 Å². The van der Waals surface area contributed by atoms with E-state index in [2.05, 4.69) is 20.2 Å². The second kappa shape index (κ2) is 8.17. The monoisotopic (exact) mass is 425 g/mol. The summed E-state index contributed by atoms with van der Waals surface area (Å²) in [4.78, 5) is 7.79. The zero-order valence-electron chi connectivity index (χ0n) is 16.5. The quantitative estimate of drug-likeness (QED) is 0.625. The van der Waals surface area contributed by atoms with E-state index in [0.29, 0.717) is 35.7 Å². The second-order valence-electron chi connectivity index (χ2n) is 7.09. The van der Waals surface area contributed by atoms with Crippen LogP contribution in [-0.4, -0.2) is 21.4 Å². The first-order valence-electron chi connectivity index (χ1n) is 9.44. The van der Waals surface area contributed by atoms with Crippen LogP contribution in [0.25, 0.3) is 0 Å². The van der Waals surface area contributed by atoms with Crippen molar-refractivity contribution in [1.29, 1.82) is 0 Å². The molecular weight excluding hydrogens is 407 g/mol. The minimum atomic E-state index is -4.37. The topological polar surface area (TPSA) is 85.8 Å². The first-order chi connectivity index (χ1) is 14.8. The Labute approximate surface area is 176 Å². The van der Waals surface area contributed by atoms with Gasteiger partial charge in [0.2, 0.25) is 11.8 Å². The SMILES string of the molecule is Cc1ccc(CC2=NN=C(c3ccc(Oc4ccnc(N)n4)cc3)C2)cc1C(F)(F)F. The largest absolute Gasteiger partial charge is 0.439 e. The Bertz CT molecular complexity index is 1170. The Morgan fingerprint density at radius 2 is 1.81 bits per heavy atom. The van der Waals surface area contributed by atoms with E-state index in [-0.39, 0.29) is 11.5 Å². The van der Waals surface area contributed by atoms with Crippen molar-refractivity contribution >= 4 is 17.4 Å². The normalized spacial score (nSPS) is 13.7. The number of hydrogen-bond donors (Lipinski definition) is 1. The van der Waals surface area contributed by atoms with Crippen molar-refractivity contribution in [2.45, 2.75) is 25.9 Å². The number of alkyl halides is 3. The van der Waals surface area contributed by atoms with Crippen molar-refractivity contribution in [2.24, 2.45) is 10.2 Å². The standard InChI is InChI=1S/C22H18F3N5O/c1-13-2-3-14(11-18(13)22(23,24)25)10-16-12-19(30-29-16)15-4-6-17(7-5-15)31-20-8-9-27-21(26)28-20/h2-9,11H,10,12H2,1H3,(H2,26,27,28). The van der Waals surface area contributed by atoms with Crippen LogP contribution in [0.15, 0.2) is 64.9 Å². The highest BCUT2D eigenvalue weighted by Crippen LogP contribution is 2.32. The molecule has 0 bridgehead atoms. The van der Waals surface area contributed by atoms with Crippen LogP contribution in [-0.2, 0) is 12.6 Å². The Kier molecular flexibility index (Phi) is 5.41. The van der Waals surface area contributed by atoms with Gasteiger partial charge in [-0.1, -0.05) is 12.1 Å². The van der Waals surface area contributed by atoms with Gasteiger partial charge in [-0.25, -0.2) is 4.98 Å². The van der Waals surface area contributed by atoms with E-state index in [9.17, 15) is 13.2 Å². The summed E-state index contributed by atoms with van der Waals surface area (Å²) < 4.78 is 45.1. The number of nitrogens with two attached hydrogens (primary N) is 1. The number of halogens is 3. The number of anilines is 1. The fourth-order valence-electron chi connectivity index (χ4n) is 3.22. The molecule has 0 saturated heterocycles. The van der Waals surface area contributed by atoms with Crippen molar-refractivity contribution in [3.63, 3.8) is 0 Å². The number of aryl methyl sites for hydroxylation is 1. The molecule has 0 saturated carbocycles. The van der Waals surface area contributed by atoms with Gasteiger partial charge in [-0.05, 0) is 53.9 Å². The van der Waals surface area contributed by atoms with E-state index in [1.165, 1.54) is 25.3 Å². The van der Waals surface area contributed by atoms with Crippen LogP contribution in [0.5, 0.6) is 11.6 Å². The summed E-state index contributed by atoms with van der Waals surface area (Å²) in [6, 6.07) is 13.2. The number of nitrogens with zero attached hydrogens (tertiary/aromatic N) is 4. The van der Waals surface area contributed by atoms with Gasteiger partial charge in [0.1, 0.15) is 5.75 Å². The molecule has 1 aliphatic heterocycles. The summed E-state index contributed by atoms with van der Waals surface area (Å²) in [5, 5.41) is 8.37. The van der Waals surface area contributed by atoms with Gasteiger partial charge >= 0.3 is 6.18 Å². The van der Waals surface area contributed by atoms with Crippen molar-refractivity contribution in [1.82, 2.24) is 9.97 Å². The Morgan fingerprint density at radius 3 is 2.52 bits per heavy atom. The van der Waals surface area contributed by atoms with Crippen LogP contribution in [0.4, 0.5) is 19.1 Å². The Balaban J connectivity index is 1.39. The molecule has 1 aromatic heterocycles. The maximum absolute atomic E-state index is 13.1. The summed E-state index contributed by atoms with van der Waals surface area (Å²) in [6.07, 6.45) is -2.09. The molecular formula is C22H18F3N5O. The Hall–Kier alpha value is -3.75. The molecule has 0 fully saturated rings. The number of benzene rings is 2. The highest BCUT2D eigenvalue weighted by molar-refractivity contribution is 6.15. The zero-order valence-corrected chi connectivity index (χ0v) is 16.5. The van der Waals surface area contributed by atoms with Crippen LogP contribution in [0.3, 0.4) is 0 Å². The summed E-state index contributed by atoms with van der Waals surface area (Å²) in [5.74, 6) is 1.02. The van der Waals surface area contributed by atoms with Crippen molar-refractivity contribution in [2.75, 3.05) is 5.73 Å². The minimum absolute atomic E-state index is 0.120. The molecule has 158 valence electrons. The lowest BCUT2D eigenvalue weighted by molar-refractivity contribution is -0.138. The average Bonchev–Trinajstić information content (AvgIpc) is 3.18. The van der Waals surface area contributed by atoms with Crippen molar-refractivity contribution < 1.29 is 17.9 Å². The van der Waals surface area contributed by atoms with Gasteiger partial charge in [0.25, 0.3) is 0 Å². The van der Waals surface area contributed by atoms with Crippen LogP contribution in [0, 0.1) is 6.92 Å². The van der Waals surface area contributed by atoms with Crippen molar-refractivity contribution in [3.8, 4) is 11.6 Å². The van der Waals surface area contributed by atoms with Gasteiger partial charge in [0, 0.05) is 25.1 Å². The van der Waals surface area contributed by atoms with Gasteiger partial charge in [-0.3, -0.25) is 0 Å². The maximum Gasteiger partial charge on any atom is 0.416 e. The molecule has 0 unspecified atom stereocenters. The van der Waals surface area contributed by atoms with Crippen LogP contribution in [0.1, 0.15) is 28.7 Å². The Morgan fingerprint density at radius 1 is 1.03 bits per heavy atom. The predicted octanol–water partition coefficient (Wildman–Crippen LogP) is 4.97. The van der Waals surface area contributed by atoms with E-state index in [4.69, 9.17) is 10.5 Å². The van der Waals surface area contributed by atoms with E-state index in [0.717, 1.165) is 11.3 Å². The first kappa shape index (κ1) is 20.5. The van der Waals surface area contributed by atoms with E-state index < -0.39 is 11.7 Å². The molecule has 0 spiro atoms. The average molecular weight is 425 g/mol. The lowest BCUT2D eigenvalue weighted by Crippen LogP contribution is -2.10. The fourth-order valence-corrected chi connectivity index (χ4v) is 3.22. The van der Waals surface area contributed by atoms with Gasteiger partial charge in [-0.15, -0.1) is 0 Å². The molecule has 9 heteroatoms. The molecule has 2 N–H and O–H groups in total. The third-order valence-electron chi connectivity index (χ3n) is 4.76. The first-order valence-corrected chi connectivity index (χ1v) is 9.44. The van der Waals surface area contributed by atoms with E-state index >= 15 is 0 Å². The maximum atomic E-state index is 13.1. The molecule has 4 rings (SSSR count). The summed E-state index contributed by atoms with van der Waals surface area (Å²) >= 11 is 0. The fraction of sp³-hybridized carbons (Fsp3) is 0.182. The summed E-state index contributed by atoms with van der Waals surface area (Å²) in [5.41, 5.74) is 7.99. The molecule has 0 amide bonds. The number of nitrogen functional groups attached to an aromatic ring is 1. The lowest BCUT2D eigenvalue weighted by atomic mass is 9.98. The third-order valence-corrected chi connectivity index (χ3v) is 4.76. The van der Waals surface area contributed by atoms with Gasteiger partial charge in [-0.2, -0.15) is 28.4 Å². The number of rotatable bonds is 5. The van der Waals surface area contributed by atoms with Crippen LogP contribution in [0.2, 0.25) is 0 Å².